The van der Waals surface area contributed by atoms with Crippen LogP contribution in [0.15, 0.2) is 41.1 Å². The number of likely N-dealkylation sites (tertiary alicyclic amines) is 1. The molecule has 1 N–H and O–H groups in total. The Balaban J connectivity index is 1.34. The van der Waals surface area contributed by atoms with Crippen molar-refractivity contribution in [2.45, 2.75) is 46.1 Å². The molecule has 4 rings (SSSR count). The zero-order valence-corrected chi connectivity index (χ0v) is 17.7. The lowest BCUT2D eigenvalue weighted by Gasteiger charge is -2.25. The van der Waals surface area contributed by atoms with Crippen LogP contribution in [0, 0.1) is 13.8 Å². The summed E-state index contributed by atoms with van der Waals surface area (Å²) in [7, 11) is 0. The molecular formula is C23H29N5O2. The summed E-state index contributed by atoms with van der Waals surface area (Å²) in [5, 5.41) is 7.29. The van der Waals surface area contributed by atoms with Crippen LogP contribution in [0.25, 0.3) is 11.5 Å². The Kier molecular flexibility index (Phi) is 6.28. The fourth-order valence-corrected chi connectivity index (χ4v) is 3.77. The number of carbonyl (C=O) groups is 1. The smallest absolute Gasteiger partial charge is 0.226 e. The third-order valence-electron chi connectivity index (χ3n) is 5.49. The Labute approximate surface area is 177 Å². The van der Waals surface area contributed by atoms with Crippen LogP contribution in [-0.2, 0) is 11.3 Å². The highest BCUT2D eigenvalue weighted by atomic mass is 16.4. The molecule has 3 heterocycles. The van der Waals surface area contributed by atoms with Gasteiger partial charge in [0, 0.05) is 30.4 Å². The average Bonchev–Trinajstić information content (AvgIpc) is 3.33. The van der Waals surface area contributed by atoms with Crippen molar-refractivity contribution in [2.75, 3.05) is 25.0 Å². The van der Waals surface area contributed by atoms with Gasteiger partial charge in [0.15, 0.2) is 0 Å². The molecule has 7 nitrogen and oxygen atoms in total. The standard InChI is InChI=1S/C23H29N5O2/c1-17-14-24-28(15-17)16-21-18(2)30-23(26-21)19-6-8-20(9-7-19)25-22(29)10-13-27-11-4-3-5-12-27/h6-9,14-15H,3-5,10-13,16H2,1-2H3,(H,25,29). The summed E-state index contributed by atoms with van der Waals surface area (Å²) in [5.41, 5.74) is 3.65. The van der Waals surface area contributed by atoms with E-state index in [0.29, 0.717) is 18.9 Å². The first-order valence-corrected chi connectivity index (χ1v) is 10.6. The zero-order chi connectivity index (χ0) is 20.9. The molecule has 0 bridgehead atoms. The Morgan fingerprint density at radius 1 is 1.13 bits per heavy atom. The van der Waals surface area contributed by atoms with Crippen molar-refractivity contribution < 1.29 is 9.21 Å². The number of nitrogens with one attached hydrogen (secondary N) is 1. The fourth-order valence-electron chi connectivity index (χ4n) is 3.77. The summed E-state index contributed by atoms with van der Waals surface area (Å²) in [6, 6.07) is 7.63. The summed E-state index contributed by atoms with van der Waals surface area (Å²) in [6.45, 7) is 7.56. The highest BCUT2D eigenvalue weighted by Crippen LogP contribution is 2.24. The minimum atomic E-state index is 0.0529. The van der Waals surface area contributed by atoms with E-state index in [1.165, 1.54) is 19.3 Å². The first kappa shape index (κ1) is 20.3. The molecule has 7 heteroatoms. The SMILES string of the molecule is Cc1cnn(Cc2nc(-c3ccc(NC(=O)CCN4CCCCC4)cc3)oc2C)c1. The van der Waals surface area contributed by atoms with Crippen LogP contribution in [0.1, 0.15) is 42.7 Å². The molecule has 0 unspecified atom stereocenters. The van der Waals surface area contributed by atoms with Crippen molar-refractivity contribution in [3.8, 4) is 11.5 Å². The number of amides is 1. The van der Waals surface area contributed by atoms with Crippen molar-refractivity contribution in [3.63, 3.8) is 0 Å². The number of aryl methyl sites for hydroxylation is 2. The number of anilines is 1. The van der Waals surface area contributed by atoms with E-state index >= 15 is 0 Å². The van der Waals surface area contributed by atoms with Gasteiger partial charge in [-0.15, -0.1) is 0 Å². The molecule has 0 saturated carbocycles. The largest absolute Gasteiger partial charge is 0.441 e. The van der Waals surface area contributed by atoms with Gasteiger partial charge in [-0.05, 0) is 69.6 Å². The van der Waals surface area contributed by atoms with E-state index in [-0.39, 0.29) is 5.91 Å². The second kappa shape index (κ2) is 9.26. The highest BCUT2D eigenvalue weighted by Gasteiger charge is 2.14. The molecule has 1 aromatic carbocycles. The van der Waals surface area contributed by atoms with E-state index in [4.69, 9.17) is 4.42 Å². The molecular weight excluding hydrogens is 378 g/mol. The van der Waals surface area contributed by atoms with E-state index in [1.54, 1.807) is 0 Å². The lowest BCUT2D eigenvalue weighted by atomic mass is 10.1. The Morgan fingerprint density at radius 2 is 1.90 bits per heavy atom. The highest BCUT2D eigenvalue weighted by molar-refractivity contribution is 5.91. The van der Waals surface area contributed by atoms with Crippen molar-refractivity contribution >= 4 is 11.6 Å². The van der Waals surface area contributed by atoms with Gasteiger partial charge in [-0.1, -0.05) is 6.42 Å². The van der Waals surface area contributed by atoms with Crippen LogP contribution in [-0.4, -0.2) is 45.2 Å². The lowest BCUT2D eigenvalue weighted by Crippen LogP contribution is -2.32. The van der Waals surface area contributed by atoms with E-state index in [0.717, 1.165) is 47.9 Å². The number of nitrogens with zero attached hydrogens (tertiary/aromatic N) is 4. The molecule has 30 heavy (non-hydrogen) atoms. The maximum absolute atomic E-state index is 12.3. The van der Waals surface area contributed by atoms with Crippen LogP contribution >= 0.6 is 0 Å². The summed E-state index contributed by atoms with van der Waals surface area (Å²) in [5.74, 6) is 1.42. The monoisotopic (exact) mass is 407 g/mol. The fraction of sp³-hybridized carbons (Fsp3) is 0.435. The van der Waals surface area contributed by atoms with Gasteiger partial charge >= 0.3 is 0 Å². The minimum Gasteiger partial charge on any atom is -0.441 e. The van der Waals surface area contributed by atoms with E-state index in [1.807, 2.05) is 55.2 Å². The minimum absolute atomic E-state index is 0.0529. The third kappa shape index (κ3) is 5.16. The number of aromatic nitrogens is 3. The number of benzene rings is 1. The quantitative estimate of drug-likeness (QED) is 0.640. The molecule has 1 fully saturated rings. The second-order valence-corrected chi connectivity index (χ2v) is 8.01. The first-order chi connectivity index (χ1) is 14.6. The van der Waals surface area contributed by atoms with Crippen LogP contribution in [0.4, 0.5) is 5.69 Å². The number of hydrogen-bond acceptors (Lipinski definition) is 5. The van der Waals surface area contributed by atoms with Gasteiger partial charge in [0.2, 0.25) is 11.8 Å². The summed E-state index contributed by atoms with van der Waals surface area (Å²) < 4.78 is 7.71. The normalized spacial score (nSPS) is 14.7. The summed E-state index contributed by atoms with van der Waals surface area (Å²) in [6.07, 6.45) is 8.13. The predicted molar refractivity (Wildman–Crippen MR) is 116 cm³/mol. The lowest BCUT2D eigenvalue weighted by molar-refractivity contribution is -0.116. The van der Waals surface area contributed by atoms with Crippen molar-refractivity contribution in [1.29, 1.82) is 0 Å². The maximum atomic E-state index is 12.3. The van der Waals surface area contributed by atoms with Crippen molar-refractivity contribution in [1.82, 2.24) is 19.7 Å². The zero-order valence-electron chi connectivity index (χ0n) is 17.7. The average molecular weight is 408 g/mol. The predicted octanol–water partition coefficient (Wildman–Crippen LogP) is 4.02. The van der Waals surface area contributed by atoms with Gasteiger partial charge in [0.05, 0.1) is 12.7 Å². The topological polar surface area (TPSA) is 76.2 Å². The van der Waals surface area contributed by atoms with Crippen LogP contribution in [0.5, 0.6) is 0 Å². The number of piperidine rings is 1. The van der Waals surface area contributed by atoms with Crippen LogP contribution < -0.4 is 5.32 Å². The van der Waals surface area contributed by atoms with Crippen LogP contribution in [0.3, 0.4) is 0 Å². The summed E-state index contributed by atoms with van der Waals surface area (Å²) in [4.78, 5) is 19.3. The Bertz CT molecular complexity index is 983. The molecule has 1 amide bonds. The van der Waals surface area contributed by atoms with Crippen molar-refractivity contribution in [3.05, 3.63) is 53.7 Å². The molecule has 3 aromatic rings. The summed E-state index contributed by atoms with van der Waals surface area (Å²) >= 11 is 0. The molecule has 0 atom stereocenters. The molecule has 158 valence electrons. The van der Waals surface area contributed by atoms with Crippen molar-refractivity contribution in [2.24, 2.45) is 0 Å². The van der Waals surface area contributed by atoms with Crippen LogP contribution in [0.2, 0.25) is 0 Å². The van der Waals surface area contributed by atoms with Gasteiger partial charge < -0.3 is 14.6 Å². The molecule has 0 radical (unpaired) electrons. The van der Waals surface area contributed by atoms with Gasteiger partial charge in [0.1, 0.15) is 11.5 Å². The molecule has 1 aliphatic rings. The third-order valence-corrected chi connectivity index (χ3v) is 5.49. The number of oxazole rings is 1. The van der Waals surface area contributed by atoms with Gasteiger partial charge in [-0.2, -0.15) is 5.10 Å². The van der Waals surface area contributed by atoms with E-state index < -0.39 is 0 Å². The second-order valence-electron chi connectivity index (χ2n) is 8.01. The molecule has 1 aliphatic heterocycles. The van der Waals surface area contributed by atoms with Gasteiger partial charge in [-0.3, -0.25) is 9.48 Å². The molecule has 2 aromatic heterocycles. The Morgan fingerprint density at radius 3 is 2.60 bits per heavy atom. The maximum Gasteiger partial charge on any atom is 0.226 e. The van der Waals surface area contributed by atoms with Gasteiger partial charge in [-0.25, -0.2) is 4.98 Å². The molecule has 0 aliphatic carbocycles. The number of carbonyl (C=O) groups excluding carboxylic acids is 1. The number of rotatable bonds is 7. The first-order valence-electron chi connectivity index (χ1n) is 10.6. The van der Waals surface area contributed by atoms with E-state index in [2.05, 4.69) is 20.3 Å². The molecule has 0 spiro atoms. The van der Waals surface area contributed by atoms with Gasteiger partial charge in [0.25, 0.3) is 0 Å². The number of hydrogen-bond donors (Lipinski definition) is 1. The Hall–Kier alpha value is -2.93. The molecule has 1 saturated heterocycles. The van der Waals surface area contributed by atoms with E-state index in [9.17, 15) is 4.79 Å².